The van der Waals surface area contributed by atoms with Gasteiger partial charge >= 0.3 is 0 Å². The Balaban J connectivity index is 1.82. The molecule has 0 amide bonds. The van der Waals surface area contributed by atoms with E-state index in [1.54, 1.807) is 45.3 Å². The molecule has 8 heteroatoms. The van der Waals surface area contributed by atoms with Crippen molar-refractivity contribution < 1.29 is 0 Å². The molecule has 0 N–H and O–H groups in total. The minimum Gasteiger partial charge on any atom is -0.223 e. The van der Waals surface area contributed by atoms with Crippen molar-refractivity contribution in [3.63, 3.8) is 0 Å². The van der Waals surface area contributed by atoms with E-state index in [4.69, 9.17) is 9.97 Å². The van der Waals surface area contributed by atoms with Gasteiger partial charge in [0.1, 0.15) is 10.0 Å². The van der Waals surface area contributed by atoms with Crippen LogP contribution in [0.5, 0.6) is 0 Å². The van der Waals surface area contributed by atoms with Crippen molar-refractivity contribution in [2.24, 2.45) is 0 Å². The molecule has 4 rings (SSSR count). The Morgan fingerprint density at radius 1 is 0.750 bits per heavy atom. The summed E-state index contributed by atoms with van der Waals surface area (Å²) in [7, 11) is 0. The molecule has 2 nitrogen and oxygen atoms in total. The van der Waals surface area contributed by atoms with Gasteiger partial charge in [0.05, 0.1) is 7.57 Å². The first-order valence-electron chi connectivity index (χ1n) is 5.46. The molecule has 4 aromatic rings. The molecular weight excluding hydrogens is 460 g/mol. The average molecular weight is 464 g/mol. The molecule has 4 aromatic heterocycles. The molecule has 0 aromatic carbocycles. The van der Waals surface area contributed by atoms with Gasteiger partial charge in [0.25, 0.3) is 0 Å². The molecule has 0 spiro atoms. The van der Waals surface area contributed by atoms with E-state index in [0.29, 0.717) is 0 Å². The van der Waals surface area contributed by atoms with Crippen LogP contribution in [0.25, 0.3) is 30.8 Å². The van der Waals surface area contributed by atoms with Crippen LogP contribution < -0.4 is 0 Å². The van der Waals surface area contributed by atoms with E-state index in [0.717, 1.165) is 38.4 Å². The summed E-state index contributed by atoms with van der Waals surface area (Å²) in [5.74, 6) is 0. The summed E-state index contributed by atoms with van der Waals surface area (Å²) in [5, 5.41) is 6.19. The third-order valence-electron chi connectivity index (χ3n) is 2.67. The lowest BCUT2D eigenvalue weighted by Crippen LogP contribution is -1.71. The standard InChI is InChI=1S/C12H4Br2N2S4/c13-7-5(1-3-17-7)9-15-11-12(19-9)16-10(20-11)6-2-4-18-8(6)14/h1-4H. The maximum atomic E-state index is 4.72. The van der Waals surface area contributed by atoms with Crippen LogP contribution in [-0.4, -0.2) is 9.97 Å². The van der Waals surface area contributed by atoms with E-state index in [9.17, 15) is 0 Å². The first-order valence-corrected chi connectivity index (χ1v) is 10.4. The number of thiazole rings is 2. The summed E-state index contributed by atoms with van der Waals surface area (Å²) in [6, 6.07) is 4.18. The number of hydrogen-bond donors (Lipinski definition) is 0. The maximum Gasteiger partial charge on any atom is 0.155 e. The van der Waals surface area contributed by atoms with Gasteiger partial charge < -0.3 is 0 Å². The smallest absolute Gasteiger partial charge is 0.155 e. The number of nitrogens with zero attached hydrogens (tertiary/aromatic N) is 2. The van der Waals surface area contributed by atoms with Gasteiger partial charge in [0, 0.05) is 11.1 Å². The van der Waals surface area contributed by atoms with Crippen molar-refractivity contribution in [3.05, 3.63) is 30.5 Å². The number of thiophene rings is 2. The molecule has 0 atom stereocenters. The minimum absolute atomic E-state index is 1.01. The Labute approximate surface area is 147 Å². The van der Waals surface area contributed by atoms with E-state index in [1.165, 1.54) is 0 Å². The summed E-state index contributed by atoms with van der Waals surface area (Å²) < 4.78 is 2.25. The predicted octanol–water partition coefficient (Wildman–Crippen LogP) is 6.73. The van der Waals surface area contributed by atoms with Crippen LogP contribution in [0.3, 0.4) is 0 Å². The second kappa shape index (κ2) is 5.26. The highest BCUT2D eigenvalue weighted by Gasteiger charge is 2.16. The molecule has 0 radical (unpaired) electrons. The van der Waals surface area contributed by atoms with Gasteiger partial charge in [-0.2, -0.15) is 0 Å². The number of rotatable bonds is 2. The largest absolute Gasteiger partial charge is 0.223 e. The van der Waals surface area contributed by atoms with Crippen molar-refractivity contribution in [2.45, 2.75) is 0 Å². The van der Waals surface area contributed by atoms with E-state index >= 15 is 0 Å². The van der Waals surface area contributed by atoms with Crippen LogP contribution in [0.15, 0.2) is 30.5 Å². The molecule has 0 aliphatic rings. The van der Waals surface area contributed by atoms with E-state index in [1.807, 2.05) is 0 Å². The van der Waals surface area contributed by atoms with Gasteiger partial charge in [0.15, 0.2) is 9.66 Å². The second-order valence-electron chi connectivity index (χ2n) is 3.86. The van der Waals surface area contributed by atoms with Crippen molar-refractivity contribution in [1.82, 2.24) is 9.97 Å². The normalized spacial score (nSPS) is 11.5. The topological polar surface area (TPSA) is 25.8 Å². The summed E-state index contributed by atoms with van der Waals surface area (Å²) >= 11 is 13.8. The van der Waals surface area contributed by atoms with Crippen molar-refractivity contribution in [3.8, 4) is 21.1 Å². The zero-order valence-corrected chi connectivity index (χ0v) is 16.0. The van der Waals surface area contributed by atoms with Crippen LogP contribution in [-0.2, 0) is 0 Å². The van der Waals surface area contributed by atoms with Gasteiger partial charge in [0.2, 0.25) is 0 Å². The van der Waals surface area contributed by atoms with Crippen LogP contribution >= 0.6 is 77.2 Å². The summed E-state index contributed by atoms with van der Waals surface area (Å²) in [4.78, 5) is 11.5. The monoisotopic (exact) mass is 462 g/mol. The first-order chi connectivity index (χ1) is 9.72. The maximum absolute atomic E-state index is 4.72. The van der Waals surface area contributed by atoms with E-state index in [2.05, 4.69) is 54.8 Å². The molecule has 0 unspecified atom stereocenters. The third-order valence-corrected chi connectivity index (χ3v) is 8.14. The average Bonchev–Trinajstić information content (AvgIpc) is 3.10. The summed E-state index contributed by atoms with van der Waals surface area (Å²) in [5.41, 5.74) is 2.31. The summed E-state index contributed by atoms with van der Waals surface area (Å²) in [6.07, 6.45) is 0. The molecule has 100 valence electrons. The van der Waals surface area contributed by atoms with Gasteiger partial charge in [-0.25, -0.2) is 9.97 Å². The second-order valence-corrected chi connectivity index (χ2v) is 10.3. The molecule has 0 bridgehead atoms. The Morgan fingerprint density at radius 3 is 1.55 bits per heavy atom. The van der Waals surface area contributed by atoms with Gasteiger partial charge in [-0.3, -0.25) is 0 Å². The highest BCUT2D eigenvalue weighted by molar-refractivity contribution is 9.11. The lowest BCUT2D eigenvalue weighted by molar-refractivity contribution is 1.49. The SMILES string of the molecule is Brc1sccc1-c1nc2sc(-c3ccsc3Br)nc2s1. The van der Waals surface area contributed by atoms with E-state index < -0.39 is 0 Å². The van der Waals surface area contributed by atoms with Gasteiger partial charge in [-0.05, 0) is 54.8 Å². The number of halogens is 2. The molecule has 20 heavy (non-hydrogen) atoms. The van der Waals surface area contributed by atoms with Crippen LogP contribution in [0.2, 0.25) is 0 Å². The van der Waals surface area contributed by atoms with E-state index in [-0.39, 0.29) is 0 Å². The number of hydrogen-bond acceptors (Lipinski definition) is 6. The number of fused-ring (bicyclic) bond motifs is 1. The highest BCUT2D eigenvalue weighted by Crippen LogP contribution is 2.42. The molecule has 0 saturated carbocycles. The third kappa shape index (κ3) is 2.22. The Hall–Kier alpha value is -0.120. The van der Waals surface area contributed by atoms with Crippen molar-refractivity contribution in [1.29, 1.82) is 0 Å². The number of aromatic nitrogens is 2. The molecule has 0 saturated heterocycles. The molecule has 0 aliphatic carbocycles. The predicted molar refractivity (Wildman–Crippen MR) is 97.3 cm³/mol. The van der Waals surface area contributed by atoms with Crippen molar-refractivity contribution in [2.75, 3.05) is 0 Å². The van der Waals surface area contributed by atoms with Crippen molar-refractivity contribution >= 4 is 86.9 Å². The Kier molecular flexibility index (Phi) is 3.56. The lowest BCUT2D eigenvalue weighted by Gasteiger charge is -1.92. The minimum atomic E-state index is 1.01. The quantitative estimate of drug-likeness (QED) is 0.329. The lowest BCUT2D eigenvalue weighted by atomic mass is 10.4. The molecule has 0 aliphatic heterocycles. The fourth-order valence-electron chi connectivity index (χ4n) is 1.76. The Morgan fingerprint density at radius 2 is 1.20 bits per heavy atom. The fourth-order valence-corrected chi connectivity index (χ4v) is 6.78. The Bertz CT molecular complexity index is 800. The zero-order valence-electron chi connectivity index (χ0n) is 9.59. The molecular formula is C12H4Br2N2S4. The summed E-state index contributed by atoms with van der Waals surface area (Å²) in [6.45, 7) is 0. The van der Waals surface area contributed by atoms with Crippen LogP contribution in [0.1, 0.15) is 0 Å². The highest BCUT2D eigenvalue weighted by atomic mass is 79.9. The zero-order chi connectivity index (χ0) is 13.7. The molecule has 4 heterocycles. The van der Waals surface area contributed by atoms with Gasteiger partial charge in [-0.1, -0.05) is 22.7 Å². The van der Waals surface area contributed by atoms with Crippen LogP contribution in [0, 0.1) is 0 Å². The first kappa shape index (κ1) is 13.5. The van der Waals surface area contributed by atoms with Gasteiger partial charge in [-0.15, -0.1) is 22.7 Å². The van der Waals surface area contributed by atoms with Crippen LogP contribution in [0.4, 0.5) is 0 Å². The molecule has 0 fully saturated rings. The fraction of sp³-hybridized carbons (Fsp3) is 0.